The minimum absolute atomic E-state index is 0.0788. The molecule has 0 saturated carbocycles. The van der Waals surface area contributed by atoms with Crippen molar-refractivity contribution in [2.24, 2.45) is 0 Å². The highest BCUT2D eigenvalue weighted by Gasteiger charge is 2.21. The summed E-state index contributed by atoms with van der Waals surface area (Å²) in [5.41, 5.74) is 9.69. The molecule has 0 aliphatic carbocycles. The molecule has 2 heteroatoms. The molecule has 9 aromatic rings. The molecule has 56 heavy (non-hydrogen) atoms. The molecular weight excluding hydrogens is 677 g/mol. The second-order valence-electron chi connectivity index (χ2n) is 17.2. The number of hydrogen-bond donors (Lipinski definition) is 0. The topological polar surface area (TPSA) is 6.48 Å². The van der Waals surface area contributed by atoms with Crippen molar-refractivity contribution in [3.63, 3.8) is 0 Å². The molecule has 0 N–H and O–H groups in total. The van der Waals surface area contributed by atoms with Gasteiger partial charge in [0.15, 0.2) is 0 Å². The number of rotatable bonds is 6. The van der Waals surface area contributed by atoms with Crippen LogP contribution in [0.2, 0.25) is 0 Å². The van der Waals surface area contributed by atoms with Crippen LogP contribution in [0.1, 0.15) is 52.7 Å². The van der Waals surface area contributed by atoms with Gasteiger partial charge in [-0.25, -0.2) is 0 Å². The molecule has 0 saturated heterocycles. The largest absolute Gasteiger partial charge is 0.310 e. The predicted molar refractivity (Wildman–Crippen MR) is 243 cm³/mol. The van der Waals surface area contributed by atoms with Gasteiger partial charge in [-0.15, -0.1) is 0 Å². The van der Waals surface area contributed by atoms with Crippen LogP contribution in [0.15, 0.2) is 182 Å². The zero-order valence-electron chi connectivity index (χ0n) is 33.2. The van der Waals surface area contributed by atoms with Crippen molar-refractivity contribution in [2.75, 3.05) is 9.80 Å². The summed E-state index contributed by atoms with van der Waals surface area (Å²) in [7, 11) is 0. The molecule has 2 nitrogen and oxygen atoms in total. The number of benzene rings is 9. The normalized spacial score (nSPS) is 12.1. The van der Waals surface area contributed by atoms with Gasteiger partial charge in [-0.3, -0.25) is 0 Å². The summed E-state index contributed by atoms with van der Waals surface area (Å²) in [5, 5.41) is 9.76. The highest BCUT2D eigenvalue weighted by atomic mass is 15.1. The van der Waals surface area contributed by atoms with Crippen molar-refractivity contribution in [3.8, 4) is 0 Å². The Morgan fingerprint density at radius 3 is 1.04 bits per heavy atom. The Morgan fingerprint density at radius 1 is 0.286 bits per heavy atom. The first kappa shape index (κ1) is 35.3. The monoisotopic (exact) mass is 724 g/mol. The Hall–Kier alpha value is -6.38. The van der Waals surface area contributed by atoms with E-state index in [0.29, 0.717) is 0 Å². The van der Waals surface area contributed by atoms with E-state index < -0.39 is 0 Å². The lowest BCUT2D eigenvalue weighted by Crippen LogP contribution is -2.13. The third kappa shape index (κ3) is 6.56. The Bertz CT molecular complexity index is 2660. The van der Waals surface area contributed by atoms with Crippen molar-refractivity contribution < 1.29 is 0 Å². The van der Waals surface area contributed by atoms with Crippen LogP contribution in [0.25, 0.3) is 43.1 Å². The van der Waals surface area contributed by atoms with Gasteiger partial charge in [0.1, 0.15) is 0 Å². The fourth-order valence-electron chi connectivity index (χ4n) is 8.13. The Labute approximate surface area is 331 Å². The van der Waals surface area contributed by atoms with Gasteiger partial charge < -0.3 is 9.80 Å². The van der Waals surface area contributed by atoms with Crippen LogP contribution in [-0.2, 0) is 10.8 Å². The summed E-state index contributed by atoms with van der Waals surface area (Å²) in [6.45, 7) is 13.6. The van der Waals surface area contributed by atoms with Crippen LogP contribution in [0, 0.1) is 0 Å². The summed E-state index contributed by atoms with van der Waals surface area (Å²) in [4.78, 5) is 4.82. The highest BCUT2D eigenvalue weighted by Crippen LogP contribution is 2.43. The average molecular weight is 725 g/mol. The fourth-order valence-corrected chi connectivity index (χ4v) is 8.13. The van der Waals surface area contributed by atoms with Crippen LogP contribution in [0.5, 0.6) is 0 Å². The first-order valence-electron chi connectivity index (χ1n) is 19.8. The van der Waals surface area contributed by atoms with E-state index in [0.717, 1.165) is 22.7 Å². The Kier molecular flexibility index (Phi) is 8.66. The lowest BCUT2D eigenvalue weighted by Gasteiger charge is -2.29. The summed E-state index contributed by atoms with van der Waals surface area (Å²) in [5.74, 6) is 0. The van der Waals surface area contributed by atoms with Gasteiger partial charge in [-0.2, -0.15) is 0 Å². The van der Waals surface area contributed by atoms with Crippen molar-refractivity contribution in [1.29, 1.82) is 0 Å². The molecule has 0 unspecified atom stereocenters. The molecule has 0 aliphatic rings. The molecule has 9 rings (SSSR count). The standard InChI is InChI=1S/C54H48N2/c1-53(2,3)43-23-29-45(30-24-43)55(51-19-11-15-37-13-7-9-17-49(37)51)47-27-21-39-34-42-36-48(28-22-40(42)33-41(39)35-47)56(46-31-25-44(26-32-46)54(4,5)6)52-20-12-16-38-14-8-10-18-50(38)52/h7-36H,1-6H3. The quantitative estimate of drug-likeness (QED) is 0.158. The molecule has 0 bridgehead atoms. The molecule has 0 fully saturated rings. The molecular formula is C54H48N2. The SMILES string of the molecule is CC(C)(C)c1ccc(N(c2ccc3cc4cc(N(c5ccc(C(C)(C)C)cc5)c5cccc6ccccc56)ccc4cc3c2)c2cccc3ccccc23)cc1. The fraction of sp³-hybridized carbons (Fsp3) is 0.148. The molecule has 0 amide bonds. The zero-order chi connectivity index (χ0) is 38.6. The molecule has 9 aromatic carbocycles. The maximum absolute atomic E-state index is 2.41. The summed E-state index contributed by atoms with van der Waals surface area (Å²) < 4.78 is 0. The van der Waals surface area contributed by atoms with E-state index in [1.807, 2.05) is 0 Å². The van der Waals surface area contributed by atoms with E-state index in [1.165, 1.54) is 65.6 Å². The van der Waals surface area contributed by atoms with Gasteiger partial charge in [-0.1, -0.05) is 151 Å². The van der Waals surface area contributed by atoms with Gasteiger partial charge >= 0.3 is 0 Å². The first-order valence-corrected chi connectivity index (χ1v) is 19.8. The van der Waals surface area contributed by atoms with Crippen molar-refractivity contribution in [3.05, 3.63) is 193 Å². The summed E-state index contributed by atoms with van der Waals surface area (Å²) >= 11 is 0. The predicted octanol–water partition coefficient (Wildman–Crippen LogP) is 15.8. The van der Waals surface area contributed by atoms with Crippen LogP contribution in [-0.4, -0.2) is 0 Å². The molecule has 0 aliphatic heterocycles. The smallest absolute Gasteiger partial charge is 0.0540 e. The molecule has 274 valence electrons. The van der Waals surface area contributed by atoms with Crippen molar-refractivity contribution in [1.82, 2.24) is 0 Å². The lowest BCUT2D eigenvalue weighted by molar-refractivity contribution is 0.590. The molecule has 0 atom stereocenters. The van der Waals surface area contributed by atoms with Crippen molar-refractivity contribution >= 4 is 77.2 Å². The minimum Gasteiger partial charge on any atom is -0.310 e. The number of fused-ring (bicyclic) bond motifs is 4. The van der Waals surface area contributed by atoms with E-state index in [9.17, 15) is 0 Å². The Balaban J connectivity index is 1.17. The highest BCUT2D eigenvalue weighted by molar-refractivity contribution is 6.05. The number of anilines is 6. The summed E-state index contributed by atoms with van der Waals surface area (Å²) in [6, 6.07) is 67.3. The van der Waals surface area contributed by atoms with Gasteiger partial charge in [0.2, 0.25) is 0 Å². The van der Waals surface area contributed by atoms with E-state index in [4.69, 9.17) is 0 Å². The second kappa shape index (κ2) is 13.7. The van der Waals surface area contributed by atoms with Gasteiger partial charge in [-0.05, 0) is 127 Å². The van der Waals surface area contributed by atoms with Crippen LogP contribution in [0.4, 0.5) is 34.1 Å². The van der Waals surface area contributed by atoms with Crippen molar-refractivity contribution in [2.45, 2.75) is 52.4 Å². The zero-order valence-corrected chi connectivity index (χ0v) is 33.2. The van der Waals surface area contributed by atoms with Crippen LogP contribution < -0.4 is 9.80 Å². The third-order valence-corrected chi connectivity index (χ3v) is 11.3. The van der Waals surface area contributed by atoms with Gasteiger partial charge in [0, 0.05) is 33.5 Å². The third-order valence-electron chi connectivity index (χ3n) is 11.3. The van der Waals surface area contributed by atoms with Gasteiger partial charge in [0.25, 0.3) is 0 Å². The maximum atomic E-state index is 2.41. The number of nitrogens with zero attached hydrogens (tertiary/aromatic N) is 2. The average Bonchev–Trinajstić information content (AvgIpc) is 3.20. The van der Waals surface area contributed by atoms with E-state index in [2.05, 4.69) is 233 Å². The Morgan fingerprint density at radius 2 is 0.643 bits per heavy atom. The minimum atomic E-state index is 0.0788. The van der Waals surface area contributed by atoms with Crippen LogP contribution >= 0.6 is 0 Å². The van der Waals surface area contributed by atoms with Gasteiger partial charge in [0.05, 0.1) is 11.4 Å². The van der Waals surface area contributed by atoms with E-state index >= 15 is 0 Å². The van der Waals surface area contributed by atoms with Crippen LogP contribution in [0.3, 0.4) is 0 Å². The van der Waals surface area contributed by atoms with E-state index in [1.54, 1.807) is 0 Å². The summed E-state index contributed by atoms with van der Waals surface area (Å²) in [6.07, 6.45) is 0. The first-order chi connectivity index (χ1) is 27.0. The lowest BCUT2D eigenvalue weighted by atomic mass is 9.87. The maximum Gasteiger partial charge on any atom is 0.0540 e. The van der Waals surface area contributed by atoms with E-state index in [-0.39, 0.29) is 10.8 Å². The molecule has 0 heterocycles. The number of hydrogen-bond acceptors (Lipinski definition) is 2. The molecule has 0 radical (unpaired) electrons. The molecule has 0 aromatic heterocycles. The molecule has 0 spiro atoms. The second-order valence-corrected chi connectivity index (χ2v) is 17.2.